The van der Waals surface area contributed by atoms with Gasteiger partial charge in [0.25, 0.3) is 5.91 Å². The van der Waals surface area contributed by atoms with Crippen molar-refractivity contribution in [3.63, 3.8) is 0 Å². The number of amides is 2. The van der Waals surface area contributed by atoms with E-state index in [0.717, 1.165) is 22.4 Å². The highest BCUT2D eigenvalue weighted by Crippen LogP contribution is 2.41. The van der Waals surface area contributed by atoms with Crippen molar-refractivity contribution in [2.24, 2.45) is 0 Å². The lowest BCUT2D eigenvalue weighted by atomic mass is 9.94. The number of carbonyl (C=O) groups excluding carboxylic acids is 2. The van der Waals surface area contributed by atoms with Crippen molar-refractivity contribution in [2.75, 3.05) is 13.1 Å². The van der Waals surface area contributed by atoms with Crippen molar-refractivity contribution in [3.05, 3.63) is 88.9 Å². The second-order valence-corrected chi connectivity index (χ2v) is 12.3. The Labute approximate surface area is 258 Å². The zero-order valence-corrected chi connectivity index (χ0v) is 26.3. The summed E-state index contributed by atoms with van der Waals surface area (Å²) in [5.41, 5.74) is 5.34. The van der Waals surface area contributed by atoms with Gasteiger partial charge in [-0.05, 0) is 68.5 Å². The second kappa shape index (κ2) is 12.9. The van der Waals surface area contributed by atoms with Gasteiger partial charge in [0, 0.05) is 37.0 Å². The van der Waals surface area contributed by atoms with Crippen molar-refractivity contribution < 1.29 is 23.6 Å². The fourth-order valence-electron chi connectivity index (χ4n) is 5.13. The molecule has 9 heteroatoms. The van der Waals surface area contributed by atoms with Gasteiger partial charge in [0.1, 0.15) is 18.0 Å². The Kier molecular flexibility index (Phi) is 9.04. The van der Waals surface area contributed by atoms with Crippen LogP contribution in [0.1, 0.15) is 80.3 Å². The molecule has 230 valence electrons. The molecule has 1 aliphatic heterocycles. The van der Waals surface area contributed by atoms with E-state index in [1.165, 1.54) is 0 Å². The van der Waals surface area contributed by atoms with Crippen LogP contribution >= 0.6 is 0 Å². The zero-order valence-electron chi connectivity index (χ0n) is 26.3. The number of nitrogens with one attached hydrogen (secondary N) is 1. The van der Waals surface area contributed by atoms with Crippen LogP contribution in [0.3, 0.4) is 0 Å². The highest BCUT2D eigenvalue weighted by atomic mass is 16.6. The monoisotopic (exact) mass is 596 g/mol. The van der Waals surface area contributed by atoms with E-state index in [1.807, 2.05) is 82.3 Å². The highest BCUT2D eigenvalue weighted by Gasteiger charge is 2.30. The van der Waals surface area contributed by atoms with E-state index >= 15 is 0 Å². The van der Waals surface area contributed by atoms with Crippen LogP contribution < -0.4 is 10.1 Å². The predicted octanol–water partition coefficient (Wildman–Crippen LogP) is 7.15. The lowest BCUT2D eigenvalue weighted by molar-refractivity contribution is 0.0222. The summed E-state index contributed by atoms with van der Waals surface area (Å²) in [5.74, 6) is 0.922. The molecular weight excluding hydrogens is 556 g/mol. The van der Waals surface area contributed by atoms with Gasteiger partial charge in [0.2, 0.25) is 0 Å². The van der Waals surface area contributed by atoms with E-state index in [4.69, 9.17) is 19.0 Å². The first kappa shape index (κ1) is 30.8. The van der Waals surface area contributed by atoms with E-state index in [-0.39, 0.29) is 23.6 Å². The number of fused-ring (bicyclic) bond motifs is 1. The molecule has 0 radical (unpaired) electrons. The third-order valence-corrected chi connectivity index (χ3v) is 7.38. The Morgan fingerprint density at radius 3 is 2.57 bits per heavy atom. The van der Waals surface area contributed by atoms with Gasteiger partial charge in [0.05, 0.1) is 17.7 Å². The number of aromatic nitrogens is 2. The van der Waals surface area contributed by atoms with Crippen LogP contribution in [-0.4, -0.2) is 45.7 Å². The lowest BCUT2D eigenvalue weighted by Crippen LogP contribution is -2.40. The Balaban J connectivity index is 1.59. The molecule has 0 saturated carbocycles. The van der Waals surface area contributed by atoms with Crippen molar-refractivity contribution in [1.29, 1.82) is 0 Å². The molecule has 5 rings (SSSR count). The third-order valence-electron chi connectivity index (χ3n) is 7.38. The van der Waals surface area contributed by atoms with Crippen molar-refractivity contribution in [2.45, 2.75) is 72.6 Å². The molecule has 0 aliphatic carbocycles. The fourth-order valence-corrected chi connectivity index (χ4v) is 5.13. The minimum Gasteiger partial charge on any atom is -0.488 e. The average molecular weight is 597 g/mol. The van der Waals surface area contributed by atoms with Crippen LogP contribution in [0.15, 0.2) is 65.3 Å². The van der Waals surface area contributed by atoms with Gasteiger partial charge in [-0.25, -0.2) is 4.79 Å². The Morgan fingerprint density at radius 2 is 1.86 bits per heavy atom. The van der Waals surface area contributed by atoms with Crippen LogP contribution in [0.2, 0.25) is 0 Å². The zero-order chi connectivity index (χ0) is 31.4. The molecule has 0 spiro atoms. The number of rotatable bonds is 8. The van der Waals surface area contributed by atoms with Crippen LogP contribution in [0.25, 0.3) is 22.5 Å². The fraction of sp³-hybridized carbons (Fsp3) is 0.371. The standard InChI is InChI=1S/C35H40N4O5/c1-7-36-33(40)31-30(25-17-26-20-39(16-15-28(26)37-19-25)34(41)43-35(4,5)6)32(44-38-31)27-18-24(22(2)3)13-14-29(27)42-21-23-11-9-8-10-12-23/h8-14,17-19,22H,7,15-16,20-21H2,1-6H3,(H,36,40). The normalized spacial score (nSPS) is 13.0. The summed E-state index contributed by atoms with van der Waals surface area (Å²) in [6.45, 7) is 13.3. The summed E-state index contributed by atoms with van der Waals surface area (Å²) >= 11 is 0. The molecular formula is C35H40N4O5. The van der Waals surface area contributed by atoms with E-state index in [1.54, 1.807) is 11.1 Å². The van der Waals surface area contributed by atoms with Crippen molar-refractivity contribution in [3.8, 4) is 28.2 Å². The van der Waals surface area contributed by atoms with Gasteiger partial charge in [-0.3, -0.25) is 9.78 Å². The third kappa shape index (κ3) is 6.93. The van der Waals surface area contributed by atoms with E-state index in [2.05, 4.69) is 24.3 Å². The molecule has 0 saturated heterocycles. The Hall–Kier alpha value is -4.66. The topological polar surface area (TPSA) is 107 Å². The SMILES string of the molecule is CCNC(=O)c1noc(-c2cc(C(C)C)ccc2OCc2ccccc2)c1-c1cnc2c(c1)CN(C(=O)OC(C)(C)C)CC2. The van der Waals surface area contributed by atoms with E-state index in [0.29, 0.717) is 60.9 Å². The molecule has 1 N–H and O–H groups in total. The first-order valence-corrected chi connectivity index (χ1v) is 15.1. The molecule has 0 bridgehead atoms. The summed E-state index contributed by atoms with van der Waals surface area (Å²) in [4.78, 5) is 32.6. The van der Waals surface area contributed by atoms with Crippen LogP contribution in [0.4, 0.5) is 4.79 Å². The smallest absolute Gasteiger partial charge is 0.410 e. The first-order valence-electron chi connectivity index (χ1n) is 15.1. The quantitative estimate of drug-likeness (QED) is 0.230. The van der Waals surface area contributed by atoms with Gasteiger partial charge in [-0.2, -0.15) is 0 Å². The molecule has 3 heterocycles. The van der Waals surface area contributed by atoms with Gasteiger partial charge in [-0.1, -0.05) is 55.4 Å². The highest BCUT2D eigenvalue weighted by molar-refractivity contribution is 6.02. The van der Waals surface area contributed by atoms with Crippen molar-refractivity contribution in [1.82, 2.24) is 20.4 Å². The maximum atomic E-state index is 13.3. The maximum Gasteiger partial charge on any atom is 0.410 e. The molecule has 44 heavy (non-hydrogen) atoms. The maximum absolute atomic E-state index is 13.3. The largest absolute Gasteiger partial charge is 0.488 e. The summed E-state index contributed by atoms with van der Waals surface area (Å²) in [6, 6.07) is 17.9. The number of carbonyl (C=O) groups is 2. The summed E-state index contributed by atoms with van der Waals surface area (Å²) in [5, 5.41) is 7.11. The van der Waals surface area contributed by atoms with Gasteiger partial charge in [0.15, 0.2) is 11.5 Å². The molecule has 2 aromatic heterocycles. The summed E-state index contributed by atoms with van der Waals surface area (Å²) in [6.07, 6.45) is 1.98. The molecule has 0 atom stereocenters. The van der Waals surface area contributed by atoms with Crippen LogP contribution in [0, 0.1) is 0 Å². The number of ether oxygens (including phenoxy) is 2. The molecule has 9 nitrogen and oxygen atoms in total. The molecule has 2 aromatic carbocycles. The molecule has 2 amide bonds. The molecule has 4 aromatic rings. The molecule has 0 fully saturated rings. The van der Waals surface area contributed by atoms with Gasteiger partial charge in [-0.15, -0.1) is 0 Å². The number of hydrogen-bond donors (Lipinski definition) is 1. The van der Waals surface area contributed by atoms with Gasteiger partial charge >= 0.3 is 6.09 Å². The van der Waals surface area contributed by atoms with Crippen LogP contribution in [-0.2, 0) is 24.3 Å². The predicted molar refractivity (Wildman–Crippen MR) is 168 cm³/mol. The van der Waals surface area contributed by atoms with Crippen LogP contribution in [0.5, 0.6) is 5.75 Å². The molecule has 1 aliphatic rings. The summed E-state index contributed by atoms with van der Waals surface area (Å²) < 4.78 is 17.9. The van der Waals surface area contributed by atoms with E-state index in [9.17, 15) is 9.59 Å². The van der Waals surface area contributed by atoms with E-state index < -0.39 is 5.60 Å². The Bertz CT molecular complexity index is 1640. The second-order valence-electron chi connectivity index (χ2n) is 12.3. The minimum atomic E-state index is -0.596. The summed E-state index contributed by atoms with van der Waals surface area (Å²) in [7, 11) is 0. The number of pyridine rings is 1. The first-order chi connectivity index (χ1) is 21.0. The van der Waals surface area contributed by atoms with Crippen molar-refractivity contribution >= 4 is 12.0 Å². The lowest BCUT2D eigenvalue weighted by Gasteiger charge is -2.31. The molecule has 0 unspecified atom stereocenters. The minimum absolute atomic E-state index is 0.160. The number of nitrogens with zero attached hydrogens (tertiary/aromatic N) is 3. The number of hydrogen-bond acceptors (Lipinski definition) is 7. The Morgan fingerprint density at radius 1 is 1.09 bits per heavy atom. The average Bonchev–Trinajstić information content (AvgIpc) is 3.44. The van der Waals surface area contributed by atoms with Gasteiger partial charge < -0.3 is 24.2 Å². The number of benzene rings is 2.